The number of rotatable bonds is 2. The molecule has 22 heavy (non-hydrogen) atoms. The Kier molecular flexibility index (Phi) is 3.59. The van der Waals surface area contributed by atoms with Gasteiger partial charge in [-0.05, 0) is 6.42 Å². The zero-order chi connectivity index (χ0) is 15.7. The van der Waals surface area contributed by atoms with Crippen LogP contribution in [0.4, 0.5) is 10.6 Å². The van der Waals surface area contributed by atoms with Crippen LogP contribution in [-0.4, -0.2) is 32.0 Å². The number of hydrogen-bond acceptors (Lipinski definition) is 5. The van der Waals surface area contributed by atoms with Gasteiger partial charge in [-0.1, -0.05) is 25.9 Å². The molecule has 8 nitrogen and oxygen atoms in total. The first-order chi connectivity index (χ1) is 10.4. The fraction of sp³-hybridized carbons (Fsp3) is 0.571. The number of aromatic nitrogens is 4. The molecule has 1 unspecified atom stereocenters. The maximum absolute atomic E-state index is 12.0. The molecule has 3 heterocycles. The van der Waals surface area contributed by atoms with Gasteiger partial charge in [-0.3, -0.25) is 5.32 Å². The van der Waals surface area contributed by atoms with Gasteiger partial charge in [0.15, 0.2) is 5.82 Å². The van der Waals surface area contributed by atoms with E-state index in [0.717, 1.165) is 24.4 Å². The summed E-state index contributed by atoms with van der Waals surface area (Å²) in [5.74, 6) is 2.11. The largest absolute Gasteiger partial charge is 0.359 e. The molecule has 0 fully saturated rings. The van der Waals surface area contributed by atoms with Crippen molar-refractivity contribution < 1.29 is 9.32 Å². The summed E-state index contributed by atoms with van der Waals surface area (Å²) in [6.07, 6.45) is 3.20. The maximum Gasteiger partial charge on any atom is 0.320 e. The molecule has 0 saturated carbocycles. The van der Waals surface area contributed by atoms with Gasteiger partial charge in [-0.25, -0.2) is 14.5 Å². The van der Waals surface area contributed by atoms with Crippen LogP contribution >= 0.6 is 0 Å². The number of fused-ring (bicyclic) bond motifs is 1. The molecule has 2 amide bonds. The third-order valence-corrected chi connectivity index (χ3v) is 3.63. The van der Waals surface area contributed by atoms with Crippen molar-refractivity contribution in [2.45, 2.75) is 51.6 Å². The van der Waals surface area contributed by atoms with E-state index >= 15 is 0 Å². The molecule has 0 spiro atoms. The van der Waals surface area contributed by atoms with Gasteiger partial charge in [0.05, 0.1) is 12.6 Å². The highest BCUT2D eigenvalue weighted by atomic mass is 16.5. The number of hydrogen-bond donors (Lipinski definition) is 2. The quantitative estimate of drug-likeness (QED) is 0.880. The molecule has 1 aliphatic heterocycles. The Morgan fingerprint density at radius 1 is 1.45 bits per heavy atom. The zero-order valence-electron chi connectivity index (χ0n) is 13.0. The molecule has 0 saturated heterocycles. The minimum absolute atomic E-state index is 0.0307. The van der Waals surface area contributed by atoms with Crippen molar-refractivity contribution in [3.8, 4) is 0 Å². The smallest absolute Gasteiger partial charge is 0.320 e. The molecule has 3 rings (SSSR count). The standard InChI is InChI=1S/C14H20N6O2/c1-14(2,3)10-6-11(19-22-10)18-13(21)17-9-4-5-12-15-8-16-20(12)7-9/h6,8-9H,4-5,7H2,1-3H3,(H2,17,18,19,21). The fourth-order valence-corrected chi connectivity index (χ4v) is 2.38. The molecule has 2 N–H and O–H groups in total. The molecule has 118 valence electrons. The number of urea groups is 1. The second-order valence-corrected chi connectivity index (χ2v) is 6.52. The van der Waals surface area contributed by atoms with Gasteiger partial charge in [0.2, 0.25) is 0 Å². The monoisotopic (exact) mass is 304 g/mol. The predicted octanol–water partition coefficient (Wildman–Crippen LogP) is 1.70. The lowest BCUT2D eigenvalue weighted by atomic mass is 9.93. The van der Waals surface area contributed by atoms with E-state index in [-0.39, 0.29) is 17.5 Å². The molecule has 1 aliphatic rings. The minimum atomic E-state index is -0.290. The average Bonchev–Trinajstić information content (AvgIpc) is 3.05. The maximum atomic E-state index is 12.0. The lowest BCUT2D eigenvalue weighted by Crippen LogP contribution is -2.43. The number of nitrogens with one attached hydrogen (secondary N) is 2. The van der Waals surface area contributed by atoms with E-state index in [2.05, 4.69) is 25.9 Å². The second kappa shape index (κ2) is 5.43. The summed E-state index contributed by atoms with van der Waals surface area (Å²) in [4.78, 5) is 16.2. The van der Waals surface area contributed by atoms with Crippen molar-refractivity contribution in [3.05, 3.63) is 24.0 Å². The van der Waals surface area contributed by atoms with Crippen molar-refractivity contribution >= 4 is 11.8 Å². The van der Waals surface area contributed by atoms with Crippen molar-refractivity contribution in [1.82, 2.24) is 25.2 Å². The predicted molar refractivity (Wildman–Crippen MR) is 79.5 cm³/mol. The fourth-order valence-electron chi connectivity index (χ4n) is 2.38. The third kappa shape index (κ3) is 3.10. The van der Waals surface area contributed by atoms with Crippen molar-refractivity contribution in [3.63, 3.8) is 0 Å². The molecule has 0 bridgehead atoms. The Hall–Kier alpha value is -2.38. The van der Waals surface area contributed by atoms with Crippen LogP contribution in [0.15, 0.2) is 16.9 Å². The molecular weight excluding hydrogens is 284 g/mol. The summed E-state index contributed by atoms with van der Waals surface area (Å²) in [5, 5.41) is 13.6. The van der Waals surface area contributed by atoms with Crippen molar-refractivity contribution in [2.75, 3.05) is 5.32 Å². The number of carbonyl (C=O) groups is 1. The van der Waals surface area contributed by atoms with E-state index in [9.17, 15) is 4.79 Å². The number of aryl methyl sites for hydroxylation is 1. The van der Waals surface area contributed by atoms with Crippen LogP contribution in [0.25, 0.3) is 0 Å². The Morgan fingerprint density at radius 3 is 3.00 bits per heavy atom. The Morgan fingerprint density at radius 2 is 2.27 bits per heavy atom. The summed E-state index contributed by atoms with van der Waals surface area (Å²) in [6, 6.07) is 1.49. The van der Waals surface area contributed by atoms with Gasteiger partial charge in [0.25, 0.3) is 0 Å². The SMILES string of the molecule is CC(C)(C)c1cc(NC(=O)NC2CCc3ncnn3C2)no1. The molecule has 0 aromatic carbocycles. The summed E-state index contributed by atoms with van der Waals surface area (Å²) < 4.78 is 7.06. The molecule has 0 aliphatic carbocycles. The number of anilines is 1. The number of carbonyl (C=O) groups excluding carboxylic acids is 1. The van der Waals surface area contributed by atoms with Gasteiger partial charge in [-0.2, -0.15) is 5.10 Å². The Balaban J connectivity index is 1.56. The van der Waals surface area contributed by atoms with E-state index in [1.54, 1.807) is 12.4 Å². The Bertz CT molecular complexity index is 669. The number of amides is 2. The third-order valence-electron chi connectivity index (χ3n) is 3.63. The van der Waals surface area contributed by atoms with E-state index in [1.807, 2.05) is 25.5 Å². The van der Waals surface area contributed by atoms with Crippen molar-refractivity contribution in [2.24, 2.45) is 0 Å². The average molecular weight is 304 g/mol. The van der Waals surface area contributed by atoms with Crippen LogP contribution in [0.1, 0.15) is 38.8 Å². The van der Waals surface area contributed by atoms with Gasteiger partial charge >= 0.3 is 6.03 Å². The topological polar surface area (TPSA) is 97.9 Å². The highest BCUT2D eigenvalue weighted by molar-refractivity contribution is 5.88. The van der Waals surface area contributed by atoms with Crippen LogP contribution in [-0.2, 0) is 18.4 Å². The molecule has 0 radical (unpaired) electrons. The highest BCUT2D eigenvalue weighted by Crippen LogP contribution is 2.24. The highest BCUT2D eigenvalue weighted by Gasteiger charge is 2.23. The van der Waals surface area contributed by atoms with Crippen LogP contribution in [0.5, 0.6) is 0 Å². The summed E-state index contributed by atoms with van der Waals surface area (Å²) in [5.41, 5.74) is -0.143. The summed E-state index contributed by atoms with van der Waals surface area (Å²) >= 11 is 0. The molecule has 8 heteroatoms. The first kappa shape index (κ1) is 14.6. The van der Waals surface area contributed by atoms with E-state index in [1.165, 1.54) is 0 Å². The summed E-state index contributed by atoms with van der Waals surface area (Å²) in [6.45, 7) is 6.70. The van der Waals surface area contributed by atoms with Gasteiger partial charge < -0.3 is 9.84 Å². The normalized spacial score (nSPS) is 17.9. The van der Waals surface area contributed by atoms with Crippen LogP contribution in [0.2, 0.25) is 0 Å². The van der Waals surface area contributed by atoms with Gasteiger partial charge in [0, 0.05) is 17.9 Å². The van der Waals surface area contributed by atoms with Crippen LogP contribution in [0, 0.1) is 0 Å². The van der Waals surface area contributed by atoms with Gasteiger partial charge in [-0.15, -0.1) is 0 Å². The zero-order valence-corrected chi connectivity index (χ0v) is 13.0. The minimum Gasteiger partial charge on any atom is -0.359 e. The first-order valence-electron chi connectivity index (χ1n) is 7.33. The van der Waals surface area contributed by atoms with E-state index in [4.69, 9.17) is 4.52 Å². The lowest BCUT2D eigenvalue weighted by Gasteiger charge is -2.23. The van der Waals surface area contributed by atoms with Gasteiger partial charge in [0.1, 0.15) is 17.9 Å². The van der Waals surface area contributed by atoms with E-state index < -0.39 is 0 Å². The molecular formula is C14H20N6O2. The van der Waals surface area contributed by atoms with Crippen molar-refractivity contribution in [1.29, 1.82) is 0 Å². The molecule has 2 aromatic heterocycles. The molecule has 1 atom stereocenters. The summed E-state index contributed by atoms with van der Waals surface area (Å²) in [7, 11) is 0. The first-order valence-corrected chi connectivity index (χ1v) is 7.33. The van der Waals surface area contributed by atoms with E-state index in [0.29, 0.717) is 12.4 Å². The van der Waals surface area contributed by atoms with Crippen LogP contribution in [0.3, 0.4) is 0 Å². The van der Waals surface area contributed by atoms with Crippen LogP contribution < -0.4 is 10.6 Å². The second-order valence-electron chi connectivity index (χ2n) is 6.52. The lowest BCUT2D eigenvalue weighted by molar-refractivity contribution is 0.243. The number of nitrogens with zero attached hydrogens (tertiary/aromatic N) is 4. The Labute approximate surface area is 128 Å². The molecule has 2 aromatic rings.